The Morgan fingerprint density at radius 2 is 2.03 bits per heavy atom. The fourth-order valence-corrected chi connectivity index (χ4v) is 6.61. The van der Waals surface area contributed by atoms with Gasteiger partial charge in [0.2, 0.25) is 0 Å². The van der Waals surface area contributed by atoms with Gasteiger partial charge in [0.05, 0.1) is 17.6 Å². The van der Waals surface area contributed by atoms with Crippen LogP contribution in [0.1, 0.15) is 36.3 Å². The summed E-state index contributed by atoms with van der Waals surface area (Å²) < 4.78 is 9.38. The van der Waals surface area contributed by atoms with Crippen LogP contribution in [0.4, 0.5) is 0 Å². The number of nitrogens with zero attached hydrogens (tertiary/aromatic N) is 4. The minimum atomic E-state index is -0.130. The van der Waals surface area contributed by atoms with Crippen molar-refractivity contribution in [2.45, 2.75) is 55.0 Å². The Hall–Kier alpha value is -1.13. The van der Waals surface area contributed by atoms with Gasteiger partial charge in [-0.25, -0.2) is 9.38 Å². The summed E-state index contributed by atoms with van der Waals surface area (Å²) in [5.41, 5.74) is 3.38. The predicted molar refractivity (Wildman–Crippen MR) is 129 cm³/mol. The molecule has 0 saturated carbocycles. The van der Waals surface area contributed by atoms with Gasteiger partial charge in [-0.3, -0.25) is 0 Å². The molecule has 1 atom stereocenters. The highest BCUT2D eigenvalue weighted by molar-refractivity contribution is 9.10. The highest BCUT2D eigenvalue weighted by Gasteiger charge is 2.33. The zero-order chi connectivity index (χ0) is 20.9. The van der Waals surface area contributed by atoms with Crippen molar-refractivity contribution in [3.05, 3.63) is 44.7 Å². The summed E-state index contributed by atoms with van der Waals surface area (Å²) in [5.74, 6) is 0.837. The molecule has 0 aliphatic carbocycles. The SMILES string of the molecule is CC[C@]1(C)Cc2c(sc3nc(SC)n4c(SCc5ccc(Br)cc5)nnc4c23)CO1. The Labute approximate surface area is 196 Å². The maximum Gasteiger partial charge on any atom is 0.198 e. The van der Waals surface area contributed by atoms with Crippen LogP contribution in [0.5, 0.6) is 0 Å². The van der Waals surface area contributed by atoms with Crippen molar-refractivity contribution in [1.29, 1.82) is 0 Å². The molecular formula is C21H21BrN4OS3. The van der Waals surface area contributed by atoms with Gasteiger partial charge in [-0.15, -0.1) is 21.5 Å². The molecule has 1 aliphatic rings. The average Bonchev–Trinajstić information content (AvgIpc) is 3.33. The summed E-state index contributed by atoms with van der Waals surface area (Å²) in [5, 5.41) is 12.2. The van der Waals surface area contributed by atoms with Crippen LogP contribution in [0.15, 0.2) is 39.1 Å². The highest BCUT2D eigenvalue weighted by Crippen LogP contribution is 2.42. The molecule has 0 bridgehead atoms. The molecule has 0 spiro atoms. The minimum Gasteiger partial charge on any atom is -0.369 e. The number of aromatic nitrogens is 4. The van der Waals surface area contributed by atoms with Crippen molar-refractivity contribution in [2.75, 3.05) is 6.26 Å². The van der Waals surface area contributed by atoms with Crippen molar-refractivity contribution >= 4 is 66.7 Å². The van der Waals surface area contributed by atoms with E-state index < -0.39 is 0 Å². The number of benzene rings is 1. The van der Waals surface area contributed by atoms with Gasteiger partial charge in [-0.2, -0.15) is 0 Å². The van der Waals surface area contributed by atoms with Gasteiger partial charge in [-0.1, -0.05) is 58.5 Å². The summed E-state index contributed by atoms with van der Waals surface area (Å²) in [6, 6.07) is 8.40. The normalized spacial score (nSPS) is 18.9. The van der Waals surface area contributed by atoms with Gasteiger partial charge in [0, 0.05) is 21.5 Å². The van der Waals surface area contributed by atoms with Crippen molar-refractivity contribution < 1.29 is 4.74 Å². The maximum absolute atomic E-state index is 6.17. The van der Waals surface area contributed by atoms with Gasteiger partial charge in [0.1, 0.15) is 4.83 Å². The number of rotatable bonds is 5. The first-order chi connectivity index (χ1) is 14.5. The standard InChI is InChI=1S/C21H21BrN4OS3/c1-4-21(2)9-14-15(10-27-21)30-18-16(14)17-24-25-20(26(17)19(23-18)28-3)29-11-12-5-7-13(22)8-6-12/h5-8H,4,9-11H2,1-3H3/t21-/m1/s1. The monoisotopic (exact) mass is 520 g/mol. The molecule has 9 heteroatoms. The maximum atomic E-state index is 6.17. The summed E-state index contributed by atoms with van der Waals surface area (Å²) in [6.07, 6.45) is 3.93. The van der Waals surface area contributed by atoms with Crippen LogP contribution in [-0.2, 0) is 23.5 Å². The van der Waals surface area contributed by atoms with Crippen molar-refractivity contribution in [2.24, 2.45) is 0 Å². The Morgan fingerprint density at radius 1 is 1.23 bits per heavy atom. The zero-order valence-electron chi connectivity index (χ0n) is 16.9. The van der Waals surface area contributed by atoms with Crippen LogP contribution in [0.3, 0.4) is 0 Å². The summed E-state index contributed by atoms with van der Waals surface area (Å²) >= 11 is 8.56. The molecule has 30 heavy (non-hydrogen) atoms. The third kappa shape index (κ3) is 3.58. The number of thioether (sulfide) groups is 2. The second kappa shape index (κ2) is 8.09. The van der Waals surface area contributed by atoms with E-state index in [0.29, 0.717) is 6.61 Å². The van der Waals surface area contributed by atoms with Crippen LogP contribution in [-0.4, -0.2) is 31.4 Å². The zero-order valence-corrected chi connectivity index (χ0v) is 21.0. The average molecular weight is 522 g/mol. The fraction of sp³-hybridized carbons (Fsp3) is 0.381. The number of halogens is 1. The van der Waals surface area contributed by atoms with E-state index >= 15 is 0 Å². The Kier molecular flexibility index (Phi) is 5.60. The number of fused-ring (bicyclic) bond motifs is 5. The molecule has 0 amide bonds. The fourth-order valence-electron chi connectivity index (χ4n) is 3.70. The molecule has 0 N–H and O–H groups in total. The lowest BCUT2D eigenvalue weighted by Gasteiger charge is -2.32. The lowest BCUT2D eigenvalue weighted by atomic mass is 9.90. The third-order valence-corrected chi connectivity index (χ3v) is 8.90. The summed E-state index contributed by atoms with van der Waals surface area (Å²) in [7, 11) is 0. The van der Waals surface area contributed by atoms with E-state index in [-0.39, 0.29) is 5.60 Å². The topological polar surface area (TPSA) is 52.3 Å². The van der Waals surface area contributed by atoms with E-state index in [1.807, 2.05) is 0 Å². The molecule has 5 rings (SSSR count). The molecule has 3 aromatic heterocycles. The first kappa shape index (κ1) is 20.8. The van der Waals surface area contributed by atoms with E-state index in [4.69, 9.17) is 9.72 Å². The highest BCUT2D eigenvalue weighted by atomic mass is 79.9. The third-order valence-electron chi connectivity index (χ3n) is 5.63. The largest absolute Gasteiger partial charge is 0.369 e. The molecule has 0 unspecified atom stereocenters. The predicted octanol–water partition coefficient (Wildman–Crippen LogP) is 6.36. The molecule has 1 aliphatic heterocycles. The quantitative estimate of drug-likeness (QED) is 0.225. The first-order valence-corrected chi connectivity index (χ1v) is 13.6. The number of hydrogen-bond donors (Lipinski definition) is 0. The lowest BCUT2D eigenvalue weighted by molar-refractivity contribution is -0.0542. The van der Waals surface area contributed by atoms with E-state index in [1.165, 1.54) is 16.0 Å². The van der Waals surface area contributed by atoms with Crippen LogP contribution < -0.4 is 0 Å². The van der Waals surface area contributed by atoms with Gasteiger partial charge >= 0.3 is 0 Å². The van der Waals surface area contributed by atoms with Crippen LogP contribution in [0.2, 0.25) is 0 Å². The van der Waals surface area contributed by atoms with Crippen molar-refractivity contribution in [3.8, 4) is 0 Å². The second-order valence-electron chi connectivity index (χ2n) is 7.61. The number of ether oxygens (including phenoxy) is 1. The van der Waals surface area contributed by atoms with Gasteiger partial charge in [0.15, 0.2) is 16.0 Å². The van der Waals surface area contributed by atoms with E-state index in [9.17, 15) is 0 Å². The number of thiophene rings is 1. The first-order valence-electron chi connectivity index (χ1n) is 9.76. The van der Waals surface area contributed by atoms with Crippen molar-refractivity contribution in [1.82, 2.24) is 19.6 Å². The molecule has 156 valence electrons. The Bertz CT molecular complexity index is 1240. The van der Waals surface area contributed by atoms with Crippen molar-refractivity contribution in [3.63, 3.8) is 0 Å². The molecule has 0 fully saturated rings. The number of hydrogen-bond acceptors (Lipinski definition) is 7. The van der Waals surface area contributed by atoms with Gasteiger partial charge in [0.25, 0.3) is 0 Å². The molecular weight excluding hydrogens is 500 g/mol. The lowest BCUT2D eigenvalue weighted by Crippen LogP contribution is -2.33. The molecule has 4 aromatic rings. The van der Waals surface area contributed by atoms with E-state index in [2.05, 4.69) is 74.9 Å². The van der Waals surface area contributed by atoms with Crippen LogP contribution in [0.25, 0.3) is 15.9 Å². The molecule has 0 radical (unpaired) electrons. The minimum absolute atomic E-state index is 0.130. The molecule has 1 aromatic carbocycles. The summed E-state index contributed by atoms with van der Waals surface area (Å²) in [6.45, 7) is 5.04. The van der Waals surface area contributed by atoms with Gasteiger partial charge < -0.3 is 4.74 Å². The van der Waals surface area contributed by atoms with E-state index in [1.54, 1.807) is 34.9 Å². The van der Waals surface area contributed by atoms with E-state index in [0.717, 1.165) is 49.2 Å². The Morgan fingerprint density at radius 3 is 2.77 bits per heavy atom. The molecule has 0 saturated heterocycles. The van der Waals surface area contributed by atoms with Crippen LogP contribution in [0, 0.1) is 0 Å². The molecule has 4 heterocycles. The summed E-state index contributed by atoms with van der Waals surface area (Å²) in [4.78, 5) is 7.30. The van der Waals surface area contributed by atoms with Crippen LogP contribution >= 0.6 is 50.8 Å². The smallest absolute Gasteiger partial charge is 0.198 e. The molecule has 5 nitrogen and oxygen atoms in total. The second-order valence-corrected chi connectivity index (χ2v) is 11.3. The van der Waals surface area contributed by atoms with Gasteiger partial charge in [-0.05, 0) is 42.9 Å². The Balaban J connectivity index is 1.60.